The third-order valence-corrected chi connectivity index (χ3v) is 5.37. The molecule has 3 aliphatic rings. The fraction of sp³-hybridized carbons (Fsp3) is 0.421. The lowest BCUT2D eigenvalue weighted by Gasteiger charge is -2.36. The molecule has 0 aliphatic carbocycles. The second kappa shape index (κ2) is 5.30. The van der Waals surface area contributed by atoms with Crippen LogP contribution in [0.2, 0.25) is 0 Å². The predicted octanol–water partition coefficient (Wildman–Crippen LogP) is 1.87. The van der Waals surface area contributed by atoms with Crippen LogP contribution in [0.4, 0.5) is 5.69 Å². The zero-order valence-corrected chi connectivity index (χ0v) is 13.8. The second-order valence-electron chi connectivity index (χ2n) is 6.75. The summed E-state index contributed by atoms with van der Waals surface area (Å²) in [7, 11) is 0. The van der Waals surface area contributed by atoms with Gasteiger partial charge in [-0.05, 0) is 25.0 Å². The van der Waals surface area contributed by atoms with Gasteiger partial charge in [0.15, 0.2) is 5.78 Å². The summed E-state index contributed by atoms with van der Waals surface area (Å²) >= 11 is 0. The number of fused-ring (bicyclic) bond motifs is 5. The number of nitrogens with zero attached hydrogens (tertiary/aromatic N) is 2. The molecule has 0 spiro atoms. The second-order valence-corrected chi connectivity index (χ2v) is 6.75. The van der Waals surface area contributed by atoms with Crippen molar-refractivity contribution in [3.63, 3.8) is 0 Å². The number of imide groups is 1. The van der Waals surface area contributed by atoms with Gasteiger partial charge in [-0.25, -0.2) is 0 Å². The molecule has 0 N–H and O–H groups in total. The molecule has 2 amide bonds. The zero-order valence-electron chi connectivity index (χ0n) is 13.8. The van der Waals surface area contributed by atoms with Gasteiger partial charge < -0.3 is 4.90 Å². The van der Waals surface area contributed by atoms with Crippen molar-refractivity contribution >= 4 is 29.4 Å². The number of likely N-dealkylation sites (tertiary alicyclic amines) is 1. The van der Waals surface area contributed by atoms with Crippen molar-refractivity contribution in [2.75, 3.05) is 11.4 Å². The third-order valence-electron chi connectivity index (χ3n) is 5.37. The average Bonchev–Trinajstić information content (AvgIpc) is 3.04. The normalized spacial score (nSPS) is 30.4. The maximum absolute atomic E-state index is 12.9. The Morgan fingerprint density at radius 2 is 1.83 bits per heavy atom. The third kappa shape index (κ3) is 1.84. The van der Waals surface area contributed by atoms with E-state index in [9.17, 15) is 14.4 Å². The maximum atomic E-state index is 12.9. The van der Waals surface area contributed by atoms with Crippen LogP contribution in [0, 0.1) is 11.8 Å². The molecule has 1 aromatic rings. The van der Waals surface area contributed by atoms with Gasteiger partial charge in [0.25, 0.3) is 0 Å². The number of hydrogen-bond donors (Lipinski definition) is 0. The van der Waals surface area contributed by atoms with Gasteiger partial charge in [0.2, 0.25) is 11.8 Å². The first-order chi connectivity index (χ1) is 11.6. The Hall–Kier alpha value is -2.43. The van der Waals surface area contributed by atoms with E-state index in [0.29, 0.717) is 6.54 Å². The molecule has 4 atom stereocenters. The number of rotatable bonds is 3. The number of ketones is 1. The quantitative estimate of drug-likeness (QED) is 0.797. The largest absolute Gasteiger partial charge is 0.353 e. The van der Waals surface area contributed by atoms with Gasteiger partial charge in [0.05, 0.1) is 17.9 Å². The van der Waals surface area contributed by atoms with Gasteiger partial charge in [-0.15, -0.1) is 0 Å². The standard InChI is InChI=1S/C19H20N2O3/c1-3-10-20-18(23)15-14-9-8-12-6-4-5-7-13(12)21(14)17(11(2)22)16(15)19(20)24/h4-9,14-17H,3,10H2,1-2H3. The number of para-hydroxylation sites is 1. The van der Waals surface area contributed by atoms with E-state index >= 15 is 0 Å². The molecule has 3 heterocycles. The fourth-order valence-corrected chi connectivity index (χ4v) is 4.48. The first-order valence-corrected chi connectivity index (χ1v) is 8.47. The van der Waals surface area contributed by atoms with E-state index in [4.69, 9.17) is 0 Å². The van der Waals surface area contributed by atoms with Crippen LogP contribution in [0.25, 0.3) is 6.08 Å². The lowest BCUT2D eigenvalue weighted by atomic mass is 9.88. The summed E-state index contributed by atoms with van der Waals surface area (Å²) in [4.78, 5) is 41.5. The summed E-state index contributed by atoms with van der Waals surface area (Å²) in [6, 6.07) is 7.03. The molecule has 5 heteroatoms. The Kier molecular flexibility index (Phi) is 3.34. The van der Waals surface area contributed by atoms with E-state index in [2.05, 4.69) is 0 Å². The highest BCUT2D eigenvalue weighted by Gasteiger charge is 2.63. The smallest absolute Gasteiger partial charge is 0.235 e. The Morgan fingerprint density at radius 3 is 2.54 bits per heavy atom. The average molecular weight is 324 g/mol. The summed E-state index contributed by atoms with van der Waals surface area (Å²) in [6.07, 6.45) is 4.70. The first-order valence-electron chi connectivity index (χ1n) is 8.47. The molecule has 2 fully saturated rings. The van der Waals surface area contributed by atoms with Crippen LogP contribution in [-0.4, -0.2) is 41.1 Å². The van der Waals surface area contributed by atoms with Crippen molar-refractivity contribution in [2.45, 2.75) is 32.4 Å². The number of Topliss-reactive ketones (excluding diaryl/α,β-unsaturated/α-hetero) is 1. The molecule has 0 radical (unpaired) electrons. The molecule has 0 saturated carbocycles. The highest BCUT2D eigenvalue weighted by atomic mass is 16.2. The molecule has 124 valence electrons. The molecule has 5 nitrogen and oxygen atoms in total. The van der Waals surface area contributed by atoms with Gasteiger partial charge in [0, 0.05) is 12.2 Å². The van der Waals surface area contributed by atoms with Crippen molar-refractivity contribution in [1.29, 1.82) is 0 Å². The van der Waals surface area contributed by atoms with Crippen molar-refractivity contribution < 1.29 is 14.4 Å². The van der Waals surface area contributed by atoms with Crippen molar-refractivity contribution in [3.05, 3.63) is 35.9 Å². The summed E-state index contributed by atoms with van der Waals surface area (Å²) in [6.45, 7) is 3.90. The summed E-state index contributed by atoms with van der Waals surface area (Å²) in [5, 5.41) is 0. The van der Waals surface area contributed by atoms with Crippen molar-refractivity contribution in [3.8, 4) is 0 Å². The molecule has 0 bridgehead atoms. The lowest BCUT2D eigenvalue weighted by Crippen LogP contribution is -2.48. The maximum Gasteiger partial charge on any atom is 0.235 e. The van der Waals surface area contributed by atoms with Crippen LogP contribution in [-0.2, 0) is 14.4 Å². The van der Waals surface area contributed by atoms with E-state index in [1.807, 2.05) is 48.2 Å². The van der Waals surface area contributed by atoms with E-state index in [0.717, 1.165) is 17.7 Å². The molecular weight excluding hydrogens is 304 g/mol. The summed E-state index contributed by atoms with van der Waals surface area (Å²) in [5.74, 6) is -1.40. The van der Waals surface area contributed by atoms with Gasteiger partial charge >= 0.3 is 0 Å². The van der Waals surface area contributed by atoms with E-state index in [1.54, 1.807) is 0 Å². The van der Waals surface area contributed by atoms with Crippen molar-refractivity contribution in [2.24, 2.45) is 11.8 Å². The minimum Gasteiger partial charge on any atom is -0.353 e. The Labute approximate surface area is 140 Å². The fourth-order valence-electron chi connectivity index (χ4n) is 4.48. The molecule has 24 heavy (non-hydrogen) atoms. The SMILES string of the molecule is CCCN1C(=O)C2C(C1=O)C(C(C)=O)N1c3ccccc3C=CC21. The van der Waals surface area contributed by atoms with Crippen LogP contribution in [0.15, 0.2) is 30.3 Å². The summed E-state index contributed by atoms with van der Waals surface area (Å²) < 4.78 is 0. The molecule has 4 unspecified atom stereocenters. The van der Waals surface area contributed by atoms with Crippen molar-refractivity contribution in [1.82, 2.24) is 4.90 Å². The van der Waals surface area contributed by atoms with E-state index in [1.165, 1.54) is 11.8 Å². The molecule has 4 rings (SSSR count). The molecule has 3 aliphatic heterocycles. The minimum atomic E-state index is -0.567. The first kappa shape index (κ1) is 15.1. The van der Waals surface area contributed by atoms with Crippen LogP contribution in [0.3, 0.4) is 0 Å². The Morgan fingerprint density at radius 1 is 1.12 bits per heavy atom. The lowest BCUT2D eigenvalue weighted by molar-refractivity contribution is -0.141. The monoisotopic (exact) mass is 324 g/mol. The number of amides is 2. The molecule has 2 saturated heterocycles. The van der Waals surface area contributed by atoms with E-state index in [-0.39, 0.29) is 23.6 Å². The number of carbonyl (C=O) groups is 3. The van der Waals surface area contributed by atoms with Gasteiger partial charge in [0.1, 0.15) is 6.04 Å². The van der Waals surface area contributed by atoms with Crippen LogP contribution < -0.4 is 4.90 Å². The number of benzene rings is 1. The van der Waals surface area contributed by atoms with Gasteiger partial charge in [-0.3, -0.25) is 19.3 Å². The van der Waals surface area contributed by atoms with Gasteiger partial charge in [-0.1, -0.05) is 37.3 Å². The highest BCUT2D eigenvalue weighted by molar-refractivity contribution is 6.10. The zero-order chi connectivity index (χ0) is 17.0. The minimum absolute atomic E-state index is 0.0582. The topological polar surface area (TPSA) is 57.7 Å². The summed E-state index contributed by atoms with van der Waals surface area (Å²) in [5.41, 5.74) is 1.95. The Balaban J connectivity index is 1.84. The van der Waals surface area contributed by atoms with Crippen LogP contribution in [0.5, 0.6) is 0 Å². The van der Waals surface area contributed by atoms with E-state index < -0.39 is 17.9 Å². The highest BCUT2D eigenvalue weighted by Crippen LogP contribution is 2.48. The van der Waals surface area contributed by atoms with Gasteiger partial charge in [-0.2, -0.15) is 0 Å². The van der Waals surface area contributed by atoms with Crippen LogP contribution >= 0.6 is 0 Å². The Bertz CT molecular complexity index is 770. The molecule has 0 aromatic heterocycles. The number of carbonyl (C=O) groups excluding carboxylic acids is 3. The predicted molar refractivity (Wildman–Crippen MR) is 90.2 cm³/mol. The molecular formula is C19H20N2O3. The number of hydrogen-bond acceptors (Lipinski definition) is 4. The molecule has 1 aromatic carbocycles. The number of anilines is 1. The van der Waals surface area contributed by atoms with Crippen LogP contribution in [0.1, 0.15) is 25.8 Å².